The van der Waals surface area contributed by atoms with Gasteiger partial charge in [0.1, 0.15) is 11.5 Å². The summed E-state index contributed by atoms with van der Waals surface area (Å²) in [6, 6.07) is 5.03. The number of alkyl halides is 2. The highest BCUT2D eigenvalue weighted by Gasteiger charge is 2.32. The number of nitrogens with zero attached hydrogens (tertiary/aromatic N) is 1. The van der Waals surface area contributed by atoms with Crippen molar-refractivity contribution in [1.29, 1.82) is 0 Å². The predicted octanol–water partition coefficient (Wildman–Crippen LogP) is 2.47. The van der Waals surface area contributed by atoms with Crippen LogP contribution in [-0.2, 0) is 6.54 Å². The van der Waals surface area contributed by atoms with E-state index < -0.39 is 6.61 Å². The van der Waals surface area contributed by atoms with Crippen molar-refractivity contribution in [2.45, 2.75) is 26.5 Å². The average Bonchev–Trinajstić information content (AvgIpc) is 2.82. The van der Waals surface area contributed by atoms with Crippen LogP contribution in [0.4, 0.5) is 8.78 Å². The Kier molecular flexibility index (Phi) is 5.00. The molecule has 2 N–H and O–H groups in total. The summed E-state index contributed by atoms with van der Waals surface area (Å²) in [7, 11) is 1.49. The van der Waals surface area contributed by atoms with Gasteiger partial charge in [0.05, 0.1) is 7.11 Å². The average molecular weight is 300 g/mol. The fourth-order valence-corrected chi connectivity index (χ4v) is 2.67. The lowest BCUT2D eigenvalue weighted by Gasteiger charge is -2.23. The lowest BCUT2D eigenvalue weighted by Crippen LogP contribution is -2.31. The van der Waals surface area contributed by atoms with Crippen LogP contribution >= 0.6 is 0 Å². The molecule has 1 fully saturated rings. The second-order valence-electron chi connectivity index (χ2n) is 5.83. The van der Waals surface area contributed by atoms with Gasteiger partial charge in [0.15, 0.2) is 0 Å². The summed E-state index contributed by atoms with van der Waals surface area (Å²) < 4.78 is 34.7. The molecule has 1 saturated heterocycles. The van der Waals surface area contributed by atoms with Gasteiger partial charge in [-0.05, 0) is 31.0 Å². The van der Waals surface area contributed by atoms with Gasteiger partial charge in [-0.15, -0.1) is 0 Å². The largest absolute Gasteiger partial charge is 0.497 e. The second kappa shape index (κ2) is 6.58. The summed E-state index contributed by atoms with van der Waals surface area (Å²) in [5, 5.41) is 0. The van der Waals surface area contributed by atoms with Crippen molar-refractivity contribution in [3.63, 3.8) is 0 Å². The maximum atomic E-state index is 12.5. The first-order valence-electron chi connectivity index (χ1n) is 7.00. The maximum Gasteiger partial charge on any atom is 0.387 e. The standard InChI is InChI=1S/C15H22F2N2O2/c1-15(9-18)5-6-19(10-15)8-11-3-4-12(20-2)7-13(11)21-14(16)17/h3-4,7,14H,5-6,8-10,18H2,1-2H3. The lowest BCUT2D eigenvalue weighted by atomic mass is 9.90. The number of hydrogen-bond donors (Lipinski definition) is 1. The number of halogens is 2. The zero-order chi connectivity index (χ0) is 15.5. The van der Waals surface area contributed by atoms with Crippen LogP contribution in [0.2, 0.25) is 0 Å². The first-order chi connectivity index (χ1) is 9.95. The highest BCUT2D eigenvalue weighted by molar-refractivity contribution is 5.40. The van der Waals surface area contributed by atoms with E-state index >= 15 is 0 Å². The molecule has 6 heteroatoms. The number of hydrogen-bond acceptors (Lipinski definition) is 4. The normalized spacial score (nSPS) is 22.8. The van der Waals surface area contributed by atoms with Crippen LogP contribution < -0.4 is 15.2 Å². The Hall–Kier alpha value is -1.40. The van der Waals surface area contributed by atoms with Gasteiger partial charge in [-0.2, -0.15) is 8.78 Å². The highest BCUT2D eigenvalue weighted by Crippen LogP contribution is 2.32. The minimum atomic E-state index is -2.84. The number of nitrogens with two attached hydrogens (primary N) is 1. The van der Waals surface area contributed by atoms with E-state index in [1.54, 1.807) is 12.1 Å². The van der Waals surface area contributed by atoms with Crippen LogP contribution in [0.3, 0.4) is 0 Å². The van der Waals surface area contributed by atoms with E-state index in [0.717, 1.165) is 25.1 Å². The Balaban J connectivity index is 2.12. The van der Waals surface area contributed by atoms with Crippen molar-refractivity contribution in [3.05, 3.63) is 23.8 Å². The molecule has 0 aliphatic carbocycles. The molecule has 4 nitrogen and oxygen atoms in total. The molecule has 1 aromatic carbocycles. The van der Waals surface area contributed by atoms with E-state index in [1.807, 2.05) is 0 Å². The molecule has 0 spiro atoms. The number of ether oxygens (including phenoxy) is 2. The van der Waals surface area contributed by atoms with Gasteiger partial charge in [-0.25, -0.2) is 0 Å². The lowest BCUT2D eigenvalue weighted by molar-refractivity contribution is -0.0508. The molecular formula is C15H22F2N2O2. The zero-order valence-corrected chi connectivity index (χ0v) is 12.4. The van der Waals surface area contributed by atoms with Crippen LogP contribution in [0.5, 0.6) is 11.5 Å². The summed E-state index contributed by atoms with van der Waals surface area (Å²) in [6.45, 7) is 2.28. The van der Waals surface area contributed by atoms with Crippen molar-refractivity contribution in [2.75, 3.05) is 26.7 Å². The topological polar surface area (TPSA) is 47.7 Å². The van der Waals surface area contributed by atoms with E-state index in [-0.39, 0.29) is 11.2 Å². The third-order valence-corrected chi connectivity index (χ3v) is 4.01. The number of likely N-dealkylation sites (tertiary alicyclic amines) is 1. The van der Waals surface area contributed by atoms with Gasteiger partial charge < -0.3 is 15.2 Å². The van der Waals surface area contributed by atoms with Crippen molar-refractivity contribution >= 4 is 0 Å². The maximum absolute atomic E-state index is 12.5. The molecule has 2 rings (SSSR count). The van der Waals surface area contributed by atoms with Gasteiger partial charge in [0.25, 0.3) is 0 Å². The summed E-state index contributed by atoms with van der Waals surface area (Å²) in [4.78, 5) is 2.22. The summed E-state index contributed by atoms with van der Waals surface area (Å²) >= 11 is 0. The van der Waals surface area contributed by atoms with Gasteiger partial charge >= 0.3 is 6.61 Å². The first kappa shape index (κ1) is 16.0. The summed E-state index contributed by atoms with van der Waals surface area (Å²) in [5.41, 5.74) is 6.63. The Morgan fingerprint density at radius 2 is 2.19 bits per heavy atom. The third kappa shape index (κ3) is 4.04. The van der Waals surface area contributed by atoms with Crippen molar-refractivity contribution in [1.82, 2.24) is 4.90 Å². The summed E-state index contributed by atoms with van der Waals surface area (Å²) in [6.07, 6.45) is 1.02. The molecule has 1 aromatic rings. The fourth-order valence-electron chi connectivity index (χ4n) is 2.67. The molecule has 1 heterocycles. The SMILES string of the molecule is COc1ccc(CN2CCC(C)(CN)C2)c(OC(F)F)c1. The molecular weight excluding hydrogens is 278 g/mol. The molecule has 1 aliphatic rings. The molecule has 0 saturated carbocycles. The monoisotopic (exact) mass is 300 g/mol. The van der Waals surface area contributed by atoms with Crippen LogP contribution in [0.1, 0.15) is 18.9 Å². The smallest absolute Gasteiger partial charge is 0.387 e. The Labute approximate surface area is 123 Å². The molecule has 0 amide bonds. The van der Waals surface area contributed by atoms with E-state index in [0.29, 0.717) is 18.8 Å². The second-order valence-corrected chi connectivity index (χ2v) is 5.83. The number of rotatable bonds is 6. The van der Waals surface area contributed by atoms with Gasteiger partial charge in [0.2, 0.25) is 0 Å². The first-order valence-corrected chi connectivity index (χ1v) is 7.00. The van der Waals surface area contributed by atoms with Crippen LogP contribution in [0, 0.1) is 5.41 Å². The Morgan fingerprint density at radius 3 is 2.76 bits per heavy atom. The van der Waals surface area contributed by atoms with E-state index in [1.165, 1.54) is 13.2 Å². The van der Waals surface area contributed by atoms with Crippen LogP contribution in [-0.4, -0.2) is 38.3 Å². The molecule has 1 atom stereocenters. The molecule has 0 radical (unpaired) electrons. The molecule has 0 aromatic heterocycles. The Morgan fingerprint density at radius 1 is 1.43 bits per heavy atom. The highest BCUT2D eigenvalue weighted by atomic mass is 19.3. The van der Waals surface area contributed by atoms with Crippen molar-refractivity contribution in [3.8, 4) is 11.5 Å². The molecule has 118 valence electrons. The van der Waals surface area contributed by atoms with Gasteiger partial charge in [-0.1, -0.05) is 13.0 Å². The minimum Gasteiger partial charge on any atom is -0.497 e. The summed E-state index contributed by atoms with van der Waals surface area (Å²) in [5.74, 6) is 0.674. The van der Waals surface area contributed by atoms with Crippen LogP contribution in [0.25, 0.3) is 0 Å². The van der Waals surface area contributed by atoms with Gasteiger partial charge in [0, 0.05) is 24.7 Å². The molecule has 1 aliphatic heterocycles. The van der Waals surface area contributed by atoms with Crippen molar-refractivity contribution < 1.29 is 18.3 Å². The number of benzene rings is 1. The predicted molar refractivity (Wildman–Crippen MR) is 76.7 cm³/mol. The molecule has 21 heavy (non-hydrogen) atoms. The van der Waals surface area contributed by atoms with E-state index in [2.05, 4.69) is 16.6 Å². The Bertz CT molecular complexity index is 485. The van der Waals surface area contributed by atoms with E-state index in [9.17, 15) is 8.78 Å². The van der Waals surface area contributed by atoms with Gasteiger partial charge in [-0.3, -0.25) is 4.90 Å². The van der Waals surface area contributed by atoms with Crippen molar-refractivity contribution in [2.24, 2.45) is 11.1 Å². The fraction of sp³-hybridized carbons (Fsp3) is 0.600. The quantitative estimate of drug-likeness (QED) is 0.877. The number of methoxy groups -OCH3 is 1. The molecule has 1 unspecified atom stereocenters. The molecule has 0 bridgehead atoms. The van der Waals surface area contributed by atoms with Crippen LogP contribution in [0.15, 0.2) is 18.2 Å². The minimum absolute atomic E-state index is 0.107. The van der Waals surface area contributed by atoms with E-state index in [4.69, 9.17) is 10.5 Å². The zero-order valence-electron chi connectivity index (χ0n) is 12.4. The third-order valence-electron chi connectivity index (χ3n) is 4.01.